The Morgan fingerprint density at radius 1 is 1.29 bits per heavy atom. The minimum Gasteiger partial charge on any atom is -0.462 e. The largest absolute Gasteiger partial charge is 0.462 e. The molecule has 1 aliphatic rings. The maximum Gasteiger partial charge on any atom is 0.459 e. The third-order valence-electron chi connectivity index (χ3n) is 6.39. The molecule has 0 radical (unpaired) electrons. The van der Waals surface area contributed by atoms with Crippen molar-refractivity contribution in [3.8, 4) is 5.75 Å². The molecule has 3 aromatic rings. The van der Waals surface area contributed by atoms with E-state index in [2.05, 4.69) is 25.4 Å². The zero-order valence-corrected chi connectivity index (χ0v) is 25.0. The number of imidazole rings is 1. The molecule has 0 saturated carbocycles. The number of carbonyl (C=O) groups is 1. The minimum absolute atomic E-state index is 0.0583. The number of esters is 1. The van der Waals surface area contributed by atoms with Crippen LogP contribution in [0.1, 0.15) is 47.3 Å². The molecule has 42 heavy (non-hydrogen) atoms. The number of rotatable bonds is 13. The summed E-state index contributed by atoms with van der Waals surface area (Å²) in [5.41, 5.74) is 4.08. The van der Waals surface area contributed by atoms with Crippen LogP contribution in [0, 0.1) is 0 Å². The summed E-state index contributed by atoms with van der Waals surface area (Å²) in [7, 11) is -4.29. The number of nitrogens with two attached hydrogens (primary N) is 1. The summed E-state index contributed by atoms with van der Waals surface area (Å²) >= 11 is 0. The molecule has 230 valence electrons. The fraction of sp³-hybridized carbons (Fsp3) is 0.538. The number of nitrogen functional groups attached to an aromatic ring is 1. The van der Waals surface area contributed by atoms with Gasteiger partial charge in [-0.3, -0.25) is 13.9 Å². The number of halogens is 1. The molecular formula is C26H37FN7O7P. The van der Waals surface area contributed by atoms with E-state index in [9.17, 15) is 14.5 Å². The van der Waals surface area contributed by atoms with Gasteiger partial charge < -0.3 is 30.2 Å². The highest BCUT2D eigenvalue weighted by Gasteiger charge is 2.56. The molecule has 4 rings (SSSR count). The summed E-state index contributed by atoms with van der Waals surface area (Å²) in [6, 6.07) is 7.06. The van der Waals surface area contributed by atoms with E-state index in [1.165, 1.54) is 17.8 Å². The second-order valence-corrected chi connectivity index (χ2v) is 12.0. The highest BCUT2D eigenvalue weighted by atomic mass is 31.2. The van der Waals surface area contributed by atoms with E-state index in [1.807, 2.05) is 6.92 Å². The lowest BCUT2D eigenvalue weighted by Crippen LogP contribution is -2.41. The van der Waals surface area contributed by atoms with Gasteiger partial charge in [-0.1, -0.05) is 25.1 Å². The van der Waals surface area contributed by atoms with Crippen LogP contribution < -0.4 is 20.7 Å². The summed E-state index contributed by atoms with van der Waals surface area (Å²) in [6.45, 7) is 7.98. The number of para-hydroxylation sites is 1. The summed E-state index contributed by atoms with van der Waals surface area (Å²) in [5.74, 6) is -0.169. The first-order valence-corrected chi connectivity index (χ1v) is 15.1. The average molecular weight is 610 g/mol. The Bertz CT molecular complexity index is 1420. The number of aliphatic hydroxyl groups excluding tert-OH is 1. The Hall–Kier alpha value is -3.36. The van der Waals surface area contributed by atoms with E-state index >= 15 is 4.39 Å². The van der Waals surface area contributed by atoms with Crippen LogP contribution in [0.3, 0.4) is 0 Å². The lowest BCUT2D eigenvalue weighted by molar-refractivity contribution is -0.149. The number of fused-ring (bicyclic) bond motifs is 1. The molecule has 5 N–H and O–H groups in total. The van der Waals surface area contributed by atoms with Gasteiger partial charge in [0.05, 0.1) is 19.0 Å². The summed E-state index contributed by atoms with van der Waals surface area (Å²) in [5, 5.41) is 16.6. The molecule has 14 nitrogen and oxygen atoms in total. The maximum atomic E-state index is 16.1. The highest BCUT2D eigenvalue weighted by Crippen LogP contribution is 2.48. The first kappa shape index (κ1) is 31.6. The van der Waals surface area contributed by atoms with E-state index < -0.39 is 56.6 Å². The SMILES string of the molecule is CCCNc1nc(N)nc2c1ncn2[C@@H]1O[C@H](CO[P@](=O)(N[C@@H](C)C(=O)OC(C)C)Oc2ccccc2)[C@@H](O)[C@@]1(C)F. The Balaban J connectivity index is 1.56. The second-order valence-electron chi connectivity index (χ2n) is 10.3. The number of alkyl halides is 1. The lowest BCUT2D eigenvalue weighted by atomic mass is 9.98. The van der Waals surface area contributed by atoms with Crippen LogP contribution in [0.4, 0.5) is 16.2 Å². The fourth-order valence-corrected chi connectivity index (χ4v) is 5.83. The van der Waals surface area contributed by atoms with Crippen LogP contribution in [0.5, 0.6) is 5.75 Å². The zero-order valence-electron chi connectivity index (χ0n) is 24.1. The standard InChI is InChI=1S/C26H37FN7O7P/c1-6-12-29-21-19-22(32-25(28)31-21)34(14-30-19)24-26(5,27)20(35)18(40-24)13-38-42(37,41-17-10-8-7-9-11-17)33-16(4)23(36)39-15(2)3/h7-11,14-16,18,20,24,35H,6,12-13H2,1-5H3,(H,33,37)(H3,28,29,31,32)/t16-,18+,20+,24+,26+,42+/m0/s1. The van der Waals surface area contributed by atoms with Gasteiger partial charge in [0.25, 0.3) is 0 Å². The van der Waals surface area contributed by atoms with E-state index in [4.69, 9.17) is 24.3 Å². The number of aliphatic hydroxyl groups is 1. The Labute approximate surface area is 242 Å². The van der Waals surface area contributed by atoms with Gasteiger partial charge in [-0.25, -0.2) is 13.9 Å². The number of hydrogen-bond donors (Lipinski definition) is 4. The molecule has 16 heteroatoms. The van der Waals surface area contributed by atoms with Crippen molar-refractivity contribution in [3.63, 3.8) is 0 Å². The molecular weight excluding hydrogens is 572 g/mol. The van der Waals surface area contributed by atoms with Crippen LogP contribution >= 0.6 is 7.75 Å². The summed E-state index contributed by atoms with van der Waals surface area (Å²) in [4.78, 5) is 25.1. The quantitative estimate of drug-likeness (QED) is 0.163. The predicted molar refractivity (Wildman–Crippen MR) is 152 cm³/mol. The number of benzene rings is 1. The van der Waals surface area contributed by atoms with Crippen LogP contribution in [0.2, 0.25) is 0 Å². The third-order valence-corrected chi connectivity index (χ3v) is 8.03. The number of nitrogens with zero attached hydrogens (tertiary/aromatic N) is 4. The van der Waals surface area contributed by atoms with Crippen molar-refractivity contribution in [1.82, 2.24) is 24.6 Å². The topological polar surface area (TPSA) is 185 Å². The molecule has 0 spiro atoms. The Morgan fingerprint density at radius 2 is 2.00 bits per heavy atom. The summed E-state index contributed by atoms with van der Waals surface area (Å²) < 4.78 is 53.5. The first-order valence-electron chi connectivity index (χ1n) is 13.6. The number of hydrogen-bond acceptors (Lipinski definition) is 12. The van der Waals surface area contributed by atoms with Crippen molar-refractivity contribution >= 4 is 36.6 Å². The van der Waals surface area contributed by atoms with Crippen LogP contribution in [0.15, 0.2) is 36.7 Å². The van der Waals surface area contributed by atoms with Crippen LogP contribution in [0.25, 0.3) is 11.2 Å². The molecule has 1 saturated heterocycles. The van der Waals surface area contributed by atoms with Gasteiger partial charge in [0.1, 0.15) is 24.0 Å². The Morgan fingerprint density at radius 3 is 2.67 bits per heavy atom. The first-order chi connectivity index (χ1) is 19.8. The van der Waals surface area contributed by atoms with Gasteiger partial charge in [-0.05, 0) is 46.2 Å². The van der Waals surface area contributed by atoms with Crippen molar-refractivity contribution in [3.05, 3.63) is 36.7 Å². The number of carbonyl (C=O) groups excluding carboxylic acids is 1. The Kier molecular flexibility index (Phi) is 9.68. The molecule has 3 heterocycles. The second kappa shape index (κ2) is 12.9. The van der Waals surface area contributed by atoms with E-state index in [0.29, 0.717) is 17.9 Å². The number of ether oxygens (including phenoxy) is 2. The van der Waals surface area contributed by atoms with E-state index in [1.54, 1.807) is 44.2 Å². The van der Waals surface area contributed by atoms with Crippen molar-refractivity contribution in [1.29, 1.82) is 0 Å². The number of aromatic nitrogens is 4. The van der Waals surface area contributed by atoms with Crippen molar-refractivity contribution < 1.29 is 37.4 Å². The van der Waals surface area contributed by atoms with Gasteiger partial charge >= 0.3 is 13.7 Å². The van der Waals surface area contributed by atoms with Gasteiger partial charge in [0.2, 0.25) is 5.95 Å². The highest BCUT2D eigenvalue weighted by molar-refractivity contribution is 7.52. The van der Waals surface area contributed by atoms with Crippen molar-refractivity contribution in [2.24, 2.45) is 0 Å². The fourth-order valence-electron chi connectivity index (χ4n) is 4.33. The van der Waals surface area contributed by atoms with Gasteiger partial charge in [0, 0.05) is 6.54 Å². The molecule has 0 unspecified atom stereocenters. The lowest BCUT2D eigenvalue weighted by Gasteiger charge is -2.25. The number of anilines is 2. The third kappa shape index (κ3) is 6.98. The molecule has 0 aliphatic carbocycles. The molecule has 2 aromatic heterocycles. The van der Waals surface area contributed by atoms with Crippen molar-refractivity contribution in [2.75, 3.05) is 24.2 Å². The number of nitrogens with one attached hydrogen (secondary N) is 2. The molecule has 1 aromatic carbocycles. The smallest absolute Gasteiger partial charge is 0.459 e. The molecule has 1 aliphatic heterocycles. The van der Waals surface area contributed by atoms with Gasteiger partial charge in [-0.15, -0.1) is 0 Å². The maximum absolute atomic E-state index is 16.1. The predicted octanol–water partition coefficient (Wildman–Crippen LogP) is 3.35. The van der Waals surface area contributed by atoms with Crippen LogP contribution in [-0.4, -0.2) is 73.8 Å². The van der Waals surface area contributed by atoms with Crippen LogP contribution in [-0.2, 0) is 23.4 Å². The van der Waals surface area contributed by atoms with Crippen molar-refractivity contribution in [2.45, 2.75) is 77.3 Å². The van der Waals surface area contributed by atoms with E-state index in [-0.39, 0.29) is 17.3 Å². The molecule has 0 amide bonds. The van der Waals surface area contributed by atoms with E-state index in [0.717, 1.165) is 13.3 Å². The van der Waals surface area contributed by atoms with Gasteiger partial charge in [-0.2, -0.15) is 15.1 Å². The zero-order chi connectivity index (χ0) is 30.7. The minimum atomic E-state index is -4.29. The monoisotopic (exact) mass is 609 g/mol. The van der Waals surface area contributed by atoms with Gasteiger partial charge in [0.15, 0.2) is 28.9 Å². The summed E-state index contributed by atoms with van der Waals surface area (Å²) in [6.07, 6.45) is -2.68. The molecule has 0 bridgehead atoms. The molecule has 1 fully saturated rings. The average Bonchev–Trinajstić information content (AvgIpc) is 3.43. The normalized spacial score (nSPS) is 24.4. The molecule has 6 atom stereocenters.